The summed E-state index contributed by atoms with van der Waals surface area (Å²) in [7, 11) is -3.65. The van der Waals surface area contributed by atoms with Crippen LogP contribution < -0.4 is 5.32 Å². The van der Waals surface area contributed by atoms with Crippen molar-refractivity contribution in [2.75, 3.05) is 31.6 Å². The molecule has 0 radical (unpaired) electrons. The Kier molecular flexibility index (Phi) is 7.12. The van der Waals surface area contributed by atoms with Crippen molar-refractivity contribution in [3.05, 3.63) is 77.3 Å². The van der Waals surface area contributed by atoms with Gasteiger partial charge < -0.3 is 14.6 Å². The molecule has 0 atom stereocenters. The first-order valence-electron chi connectivity index (χ1n) is 11.0. The number of nitrogens with zero attached hydrogens (tertiary/aromatic N) is 4. The first kappa shape index (κ1) is 24.3. The van der Waals surface area contributed by atoms with Gasteiger partial charge in [0.1, 0.15) is 17.5 Å². The van der Waals surface area contributed by atoms with Gasteiger partial charge in [-0.25, -0.2) is 13.4 Å². The van der Waals surface area contributed by atoms with Crippen molar-refractivity contribution in [3.8, 4) is 11.8 Å². The molecule has 1 aromatic carbocycles. The Labute approximate surface area is 204 Å². The number of carbonyl (C=O) groups is 1. The van der Waals surface area contributed by atoms with E-state index in [2.05, 4.69) is 10.3 Å². The molecular formula is C25H25N5O4S. The van der Waals surface area contributed by atoms with Crippen molar-refractivity contribution in [2.45, 2.75) is 18.7 Å². The van der Waals surface area contributed by atoms with Crippen LogP contribution in [0.15, 0.2) is 65.2 Å². The lowest BCUT2D eigenvalue weighted by molar-refractivity contribution is -0.112. The summed E-state index contributed by atoms with van der Waals surface area (Å²) in [6, 6.07) is 15.6. The van der Waals surface area contributed by atoms with Crippen molar-refractivity contribution in [3.63, 3.8) is 0 Å². The number of hydrogen-bond acceptors (Lipinski definition) is 6. The zero-order valence-electron chi connectivity index (χ0n) is 19.4. The van der Waals surface area contributed by atoms with Gasteiger partial charge in [0.25, 0.3) is 5.91 Å². The normalized spacial score (nSPS) is 14.9. The molecule has 9 nitrogen and oxygen atoms in total. The number of hydrogen-bond donors (Lipinski definition) is 1. The molecule has 4 rings (SSSR count). The van der Waals surface area contributed by atoms with E-state index in [9.17, 15) is 18.5 Å². The zero-order valence-corrected chi connectivity index (χ0v) is 20.2. The zero-order chi connectivity index (χ0) is 25.0. The number of ether oxygens (including phenoxy) is 1. The molecule has 3 aromatic rings. The lowest BCUT2D eigenvalue weighted by Gasteiger charge is -2.26. The summed E-state index contributed by atoms with van der Waals surface area (Å²) >= 11 is 0. The van der Waals surface area contributed by atoms with Crippen molar-refractivity contribution < 1.29 is 17.9 Å². The topological polar surface area (TPSA) is 117 Å². The van der Waals surface area contributed by atoms with Crippen LogP contribution >= 0.6 is 0 Å². The average Bonchev–Trinajstić information content (AvgIpc) is 3.16. The van der Waals surface area contributed by atoms with Gasteiger partial charge in [-0.05, 0) is 61.9 Å². The molecule has 1 fully saturated rings. The number of carbonyl (C=O) groups excluding carboxylic acids is 1. The summed E-state index contributed by atoms with van der Waals surface area (Å²) in [4.78, 5) is 16.8. The van der Waals surface area contributed by atoms with Crippen LogP contribution in [-0.2, 0) is 19.6 Å². The summed E-state index contributed by atoms with van der Waals surface area (Å²) < 4.78 is 34.8. The molecular weight excluding hydrogens is 466 g/mol. The summed E-state index contributed by atoms with van der Waals surface area (Å²) in [6.07, 6.45) is 3.07. The molecule has 0 saturated carbocycles. The number of anilines is 1. The maximum absolute atomic E-state index is 13.1. The van der Waals surface area contributed by atoms with Crippen LogP contribution in [0.2, 0.25) is 0 Å². The number of amides is 1. The van der Waals surface area contributed by atoms with E-state index in [0.717, 1.165) is 11.4 Å². The molecule has 0 spiro atoms. The number of pyridine rings is 1. The smallest absolute Gasteiger partial charge is 0.267 e. The number of rotatable bonds is 6. The summed E-state index contributed by atoms with van der Waals surface area (Å²) in [5.41, 5.74) is 2.88. The second-order valence-electron chi connectivity index (χ2n) is 8.01. The van der Waals surface area contributed by atoms with Gasteiger partial charge in [-0.15, -0.1) is 0 Å². The van der Waals surface area contributed by atoms with Gasteiger partial charge in [0, 0.05) is 36.4 Å². The minimum Gasteiger partial charge on any atom is -0.379 e. The van der Waals surface area contributed by atoms with E-state index in [1.54, 1.807) is 42.6 Å². The predicted octanol–water partition coefficient (Wildman–Crippen LogP) is 3.06. The minimum absolute atomic E-state index is 0.0699. The number of aromatic nitrogens is 2. The molecule has 2 aromatic heterocycles. The molecule has 1 aliphatic rings. The third kappa shape index (κ3) is 5.17. The first-order valence-corrected chi connectivity index (χ1v) is 12.5. The Morgan fingerprint density at radius 2 is 1.91 bits per heavy atom. The largest absolute Gasteiger partial charge is 0.379 e. The molecule has 1 amide bonds. The maximum atomic E-state index is 13.1. The third-order valence-electron chi connectivity index (χ3n) is 5.73. The second kappa shape index (κ2) is 10.2. The van der Waals surface area contributed by atoms with Crippen molar-refractivity contribution >= 4 is 27.8 Å². The first-order chi connectivity index (χ1) is 16.8. The van der Waals surface area contributed by atoms with Gasteiger partial charge in [0.15, 0.2) is 0 Å². The van der Waals surface area contributed by atoms with E-state index in [1.807, 2.05) is 36.6 Å². The van der Waals surface area contributed by atoms with E-state index in [0.29, 0.717) is 43.4 Å². The molecule has 0 unspecified atom stereocenters. The summed E-state index contributed by atoms with van der Waals surface area (Å²) in [6.45, 7) is 5.13. The Bertz CT molecular complexity index is 1420. The van der Waals surface area contributed by atoms with E-state index in [4.69, 9.17) is 4.74 Å². The Morgan fingerprint density at radius 3 is 2.60 bits per heavy atom. The summed E-state index contributed by atoms with van der Waals surface area (Å²) in [5, 5.41) is 12.2. The fourth-order valence-corrected chi connectivity index (χ4v) is 5.42. The molecule has 1 aliphatic heterocycles. The fraction of sp³-hybridized carbons (Fsp3) is 0.240. The van der Waals surface area contributed by atoms with E-state index in [1.165, 1.54) is 10.4 Å². The van der Waals surface area contributed by atoms with E-state index < -0.39 is 15.9 Å². The Balaban J connectivity index is 1.65. The van der Waals surface area contributed by atoms with Crippen LogP contribution in [0.25, 0.3) is 11.8 Å². The van der Waals surface area contributed by atoms with Crippen LogP contribution in [0.4, 0.5) is 5.82 Å². The van der Waals surface area contributed by atoms with Gasteiger partial charge in [0.05, 0.1) is 18.1 Å². The lowest BCUT2D eigenvalue weighted by Crippen LogP contribution is -2.40. The van der Waals surface area contributed by atoms with Crippen LogP contribution in [0.3, 0.4) is 0 Å². The average molecular weight is 492 g/mol. The standard InChI is InChI=1S/C25H25N5O4S/c1-18-14-20(15-21(17-26)25(31)28-24-8-3-4-9-27-24)19(2)30(18)22-6-5-7-23(16-22)35(32,33)29-10-12-34-13-11-29/h3-9,14-16H,10-13H2,1-2H3,(H,27,28,31). The summed E-state index contributed by atoms with van der Waals surface area (Å²) in [5.74, 6) is -0.211. The van der Waals surface area contributed by atoms with Crippen LogP contribution in [-0.4, -0.2) is 54.5 Å². The van der Waals surface area contributed by atoms with Gasteiger partial charge in [0.2, 0.25) is 10.0 Å². The van der Waals surface area contributed by atoms with Crippen LogP contribution in [0.5, 0.6) is 0 Å². The molecule has 35 heavy (non-hydrogen) atoms. The molecule has 1 N–H and O–H groups in total. The highest BCUT2D eigenvalue weighted by Gasteiger charge is 2.26. The highest BCUT2D eigenvalue weighted by Crippen LogP contribution is 2.26. The van der Waals surface area contributed by atoms with Crippen molar-refractivity contribution in [1.29, 1.82) is 5.26 Å². The number of aryl methyl sites for hydroxylation is 1. The number of morpholine rings is 1. The Morgan fingerprint density at radius 1 is 1.14 bits per heavy atom. The molecule has 3 heterocycles. The lowest BCUT2D eigenvalue weighted by atomic mass is 10.1. The van der Waals surface area contributed by atoms with Gasteiger partial charge in [-0.1, -0.05) is 12.1 Å². The molecule has 0 aliphatic carbocycles. The number of benzene rings is 1. The van der Waals surface area contributed by atoms with Crippen molar-refractivity contribution in [1.82, 2.24) is 13.9 Å². The fourth-order valence-electron chi connectivity index (χ4n) is 3.97. The van der Waals surface area contributed by atoms with Crippen LogP contribution in [0, 0.1) is 25.2 Å². The van der Waals surface area contributed by atoms with Crippen molar-refractivity contribution in [2.24, 2.45) is 0 Å². The molecule has 10 heteroatoms. The molecule has 1 saturated heterocycles. The predicted molar refractivity (Wildman–Crippen MR) is 131 cm³/mol. The second-order valence-corrected chi connectivity index (χ2v) is 9.95. The number of sulfonamides is 1. The highest BCUT2D eigenvalue weighted by atomic mass is 32.2. The SMILES string of the molecule is Cc1cc(C=C(C#N)C(=O)Nc2ccccn2)c(C)n1-c1cccc(S(=O)(=O)N2CCOCC2)c1. The number of nitrogens with one attached hydrogen (secondary N) is 1. The van der Waals surface area contributed by atoms with Crippen LogP contribution in [0.1, 0.15) is 17.0 Å². The molecule has 180 valence electrons. The van der Waals surface area contributed by atoms with E-state index in [-0.39, 0.29) is 10.5 Å². The maximum Gasteiger partial charge on any atom is 0.267 e. The quantitative estimate of drug-likeness (QED) is 0.418. The number of nitriles is 1. The third-order valence-corrected chi connectivity index (χ3v) is 7.62. The monoisotopic (exact) mass is 491 g/mol. The Hall–Kier alpha value is -3.78. The molecule has 0 bridgehead atoms. The van der Waals surface area contributed by atoms with E-state index >= 15 is 0 Å². The minimum atomic E-state index is -3.65. The van der Waals surface area contributed by atoms with Gasteiger partial charge >= 0.3 is 0 Å². The highest BCUT2D eigenvalue weighted by molar-refractivity contribution is 7.89. The van der Waals surface area contributed by atoms with Gasteiger partial charge in [-0.3, -0.25) is 4.79 Å². The van der Waals surface area contributed by atoms with Gasteiger partial charge in [-0.2, -0.15) is 9.57 Å².